The first kappa shape index (κ1) is 17.2. The topological polar surface area (TPSA) is 55.8 Å². The summed E-state index contributed by atoms with van der Waals surface area (Å²) in [7, 11) is 3.19. The van der Waals surface area contributed by atoms with Gasteiger partial charge >= 0.3 is 5.97 Å². The minimum absolute atomic E-state index is 0.0702. The van der Waals surface area contributed by atoms with Crippen molar-refractivity contribution in [3.05, 3.63) is 22.2 Å². The zero-order valence-corrected chi connectivity index (χ0v) is 14.4. The number of carboxylic acid groups (broad SMARTS) is 1. The van der Waals surface area contributed by atoms with Crippen molar-refractivity contribution in [2.24, 2.45) is 5.92 Å². The van der Waals surface area contributed by atoms with E-state index in [2.05, 4.69) is 15.9 Å². The van der Waals surface area contributed by atoms with Crippen molar-refractivity contribution >= 4 is 33.7 Å². The van der Waals surface area contributed by atoms with Gasteiger partial charge in [0.15, 0.2) is 0 Å². The maximum absolute atomic E-state index is 11.2. The van der Waals surface area contributed by atoms with Crippen molar-refractivity contribution in [1.29, 1.82) is 0 Å². The van der Waals surface area contributed by atoms with Crippen LogP contribution < -0.4 is 9.47 Å². The van der Waals surface area contributed by atoms with Crippen molar-refractivity contribution in [2.75, 3.05) is 14.2 Å². The van der Waals surface area contributed by atoms with Crippen LogP contribution in [0.25, 0.3) is 0 Å². The van der Waals surface area contributed by atoms with E-state index in [9.17, 15) is 9.90 Å². The molecule has 1 aromatic rings. The van der Waals surface area contributed by atoms with Gasteiger partial charge in [-0.2, -0.15) is 0 Å². The average Bonchev–Trinajstić information content (AvgIpc) is 2.39. The summed E-state index contributed by atoms with van der Waals surface area (Å²) in [4.78, 5) is 11.2. The SMILES string of the molecule is COc1cc(CSC(C(=O)O)C(C)C)c(OC)cc1Br. The Hall–Kier alpha value is -0.880. The van der Waals surface area contributed by atoms with Gasteiger partial charge in [0.25, 0.3) is 0 Å². The lowest BCUT2D eigenvalue weighted by Gasteiger charge is -2.17. The van der Waals surface area contributed by atoms with Gasteiger partial charge in [0.2, 0.25) is 0 Å². The van der Waals surface area contributed by atoms with Crippen molar-refractivity contribution in [2.45, 2.75) is 24.9 Å². The third-order valence-corrected chi connectivity index (χ3v) is 5.02. The first-order chi connectivity index (χ1) is 9.40. The molecule has 0 amide bonds. The number of rotatable bonds is 7. The molecule has 0 saturated carbocycles. The maximum atomic E-state index is 11.2. The van der Waals surface area contributed by atoms with Crippen LogP contribution in [0.5, 0.6) is 11.5 Å². The van der Waals surface area contributed by atoms with Crippen LogP contribution in [0.2, 0.25) is 0 Å². The summed E-state index contributed by atoms with van der Waals surface area (Å²) in [5, 5.41) is 8.77. The Bertz CT molecular complexity index is 476. The highest BCUT2D eigenvalue weighted by Crippen LogP contribution is 2.36. The number of benzene rings is 1. The molecule has 0 fully saturated rings. The summed E-state index contributed by atoms with van der Waals surface area (Å²) in [6.45, 7) is 3.82. The number of methoxy groups -OCH3 is 2. The van der Waals surface area contributed by atoms with Crippen LogP contribution in [-0.4, -0.2) is 30.5 Å². The van der Waals surface area contributed by atoms with Gasteiger partial charge in [-0.05, 0) is 34.0 Å². The molecule has 1 unspecified atom stereocenters. The van der Waals surface area contributed by atoms with E-state index in [-0.39, 0.29) is 5.92 Å². The molecule has 0 radical (unpaired) electrons. The van der Waals surface area contributed by atoms with E-state index >= 15 is 0 Å². The quantitative estimate of drug-likeness (QED) is 0.798. The Morgan fingerprint density at radius 3 is 2.35 bits per heavy atom. The van der Waals surface area contributed by atoms with Crippen LogP contribution >= 0.6 is 27.7 Å². The van der Waals surface area contributed by atoms with Gasteiger partial charge in [-0.25, -0.2) is 0 Å². The number of hydrogen-bond acceptors (Lipinski definition) is 4. The largest absolute Gasteiger partial charge is 0.496 e. The van der Waals surface area contributed by atoms with E-state index in [0.717, 1.165) is 15.8 Å². The highest BCUT2D eigenvalue weighted by Gasteiger charge is 2.22. The molecule has 1 rings (SSSR count). The maximum Gasteiger partial charge on any atom is 0.316 e. The molecule has 0 bridgehead atoms. The van der Waals surface area contributed by atoms with E-state index in [1.54, 1.807) is 14.2 Å². The second kappa shape index (κ2) is 7.78. The van der Waals surface area contributed by atoms with Crippen molar-refractivity contribution < 1.29 is 19.4 Å². The highest BCUT2D eigenvalue weighted by atomic mass is 79.9. The van der Waals surface area contributed by atoms with Crippen LogP contribution in [0, 0.1) is 5.92 Å². The van der Waals surface area contributed by atoms with Crippen LogP contribution in [0.3, 0.4) is 0 Å². The van der Waals surface area contributed by atoms with E-state index in [4.69, 9.17) is 9.47 Å². The Morgan fingerprint density at radius 2 is 1.90 bits per heavy atom. The summed E-state index contributed by atoms with van der Waals surface area (Å²) in [6, 6.07) is 3.70. The minimum Gasteiger partial charge on any atom is -0.496 e. The molecule has 4 nitrogen and oxygen atoms in total. The molecule has 1 N–H and O–H groups in total. The monoisotopic (exact) mass is 362 g/mol. The Balaban J connectivity index is 2.93. The van der Waals surface area contributed by atoms with Gasteiger partial charge in [0.05, 0.1) is 18.7 Å². The first-order valence-electron chi connectivity index (χ1n) is 6.15. The van der Waals surface area contributed by atoms with Crippen molar-refractivity contribution in [3.8, 4) is 11.5 Å². The molecule has 0 saturated heterocycles. The fourth-order valence-electron chi connectivity index (χ4n) is 1.76. The number of aliphatic carboxylic acids is 1. The molecule has 0 aliphatic heterocycles. The summed E-state index contributed by atoms with van der Waals surface area (Å²) in [5.41, 5.74) is 0.921. The van der Waals surface area contributed by atoms with E-state index in [1.165, 1.54) is 11.8 Å². The fraction of sp³-hybridized carbons (Fsp3) is 0.500. The number of ether oxygens (including phenoxy) is 2. The average molecular weight is 363 g/mol. The third kappa shape index (κ3) is 4.31. The number of hydrogen-bond donors (Lipinski definition) is 1. The number of thioether (sulfide) groups is 1. The summed E-state index contributed by atoms with van der Waals surface area (Å²) >= 11 is 4.80. The van der Waals surface area contributed by atoms with Crippen LogP contribution in [0.4, 0.5) is 0 Å². The van der Waals surface area contributed by atoms with Gasteiger partial charge in [-0.15, -0.1) is 11.8 Å². The summed E-state index contributed by atoms with van der Waals surface area (Å²) in [5.74, 6) is 1.27. The molecule has 0 aliphatic carbocycles. The lowest BCUT2D eigenvalue weighted by atomic mass is 10.1. The molecular formula is C14H19BrO4S. The van der Waals surface area contributed by atoms with Crippen molar-refractivity contribution in [1.82, 2.24) is 0 Å². The normalized spacial score (nSPS) is 12.3. The highest BCUT2D eigenvalue weighted by molar-refractivity contribution is 9.10. The number of carbonyl (C=O) groups is 1. The Morgan fingerprint density at radius 1 is 1.30 bits per heavy atom. The smallest absolute Gasteiger partial charge is 0.316 e. The molecule has 1 aromatic carbocycles. The fourth-order valence-corrected chi connectivity index (χ4v) is 3.36. The van der Waals surface area contributed by atoms with Gasteiger partial charge in [-0.1, -0.05) is 13.8 Å². The van der Waals surface area contributed by atoms with Crippen LogP contribution in [0.15, 0.2) is 16.6 Å². The molecule has 20 heavy (non-hydrogen) atoms. The van der Waals surface area contributed by atoms with E-state index in [1.807, 2.05) is 26.0 Å². The van der Waals surface area contributed by atoms with Gasteiger partial charge in [0.1, 0.15) is 16.7 Å². The molecule has 0 heterocycles. The molecule has 1 atom stereocenters. The standard InChI is InChI=1S/C14H19BrO4S/c1-8(2)13(14(16)17)20-7-9-5-12(19-4)10(15)6-11(9)18-3/h5-6,8,13H,7H2,1-4H3,(H,16,17). The van der Waals surface area contributed by atoms with Gasteiger partial charge in [0, 0.05) is 11.3 Å². The predicted octanol–water partition coefficient (Wildman–Crippen LogP) is 3.81. The van der Waals surface area contributed by atoms with E-state index < -0.39 is 11.2 Å². The van der Waals surface area contributed by atoms with Gasteiger partial charge < -0.3 is 14.6 Å². The zero-order valence-electron chi connectivity index (χ0n) is 12.0. The Kier molecular flexibility index (Phi) is 6.68. The molecule has 6 heteroatoms. The molecule has 0 aromatic heterocycles. The summed E-state index contributed by atoms with van der Waals surface area (Å²) in [6.07, 6.45) is 0. The number of halogens is 1. The minimum atomic E-state index is -0.784. The predicted molar refractivity (Wildman–Crippen MR) is 84.8 cm³/mol. The lowest BCUT2D eigenvalue weighted by Crippen LogP contribution is -2.22. The van der Waals surface area contributed by atoms with Gasteiger partial charge in [-0.3, -0.25) is 4.79 Å². The zero-order chi connectivity index (χ0) is 15.3. The van der Waals surface area contributed by atoms with Crippen LogP contribution in [0.1, 0.15) is 19.4 Å². The molecule has 0 spiro atoms. The molecule has 112 valence electrons. The van der Waals surface area contributed by atoms with E-state index in [0.29, 0.717) is 11.5 Å². The first-order valence-corrected chi connectivity index (χ1v) is 7.99. The molecular weight excluding hydrogens is 344 g/mol. The lowest BCUT2D eigenvalue weighted by molar-refractivity contribution is -0.137. The second-order valence-corrected chi connectivity index (χ2v) is 6.60. The molecule has 0 aliphatic rings. The van der Waals surface area contributed by atoms with Crippen molar-refractivity contribution in [3.63, 3.8) is 0 Å². The Labute approximate surface area is 132 Å². The third-order valence-electron chi connectivity index (χ3n) is 2.82. The second-order valence-electron chi connectivity index (χ2n) is 4.61. The summed E-state index contributed by atoms with van der Waals surface area (Å²) < 4.78 is 11.4. The number of carboxylic acids is 1. The van der Waals surface area contributed by atoms with Crippen LogP contribution in [-0.2, 0) is 10.5 Å².